The Labute approximate surface area is 138 Å². The summed E-state index contributed by atoms with van der Waals surface area (Å²) in [5, 5.41) is 5.14. The van der Waals surface area contributed by atoms with Crippen molar-refractivity contribution in [3.63, 3.8) is 0 Å². The monoisotopic (exact) mass is 336 g/mol. The van der Waals surface area contributed by atoms with Crippen LogP contribution in [0.25, 0.3) is 0 Å². The highest BCUT2D eigenvalue weighted by Gasteiger charge is 2.28. The summed E-state index contributed by atoms with van der Waals surface area (Å²) in [6, 6.07) is 10.1. The topological polar surface area (TPSA) is 89.3 Å². The van der Waals surface area contributed by atoms with E-state index in [9.17, 15) is 13.6 Å². The molecule has 0 saturated heterocycles. The zero-order chi connectivity index (χ0) is 17.6. The van der Waals surface area contributed by atoms with Crippen molar-refractivity contribution >= 4 is 17.4 Å². The van der Waals surface area contributed by atoms with E-state index in [-0.39, 0.29) is 11.4 Å². The van der Waals surface area contributed by atoms with Crippen molar-refractivity contribution in [1.29, 1.82) is 0 Å². The second-order valence-electron chi connectivity index (χ2n) is 4.97. The van der Waals surface area contributed by atoms with Crippen molar-refractivity contribution in [1.82, 2.24) is 10.3 Å². The molecule has 1 aromatic heterocycles. The second-order valence-corrected chi connectivity index (χ2v) is 4.97. The minimum absolute atomic E-state index is 0.135. The summed E-state index contributed by atoms with van der Waals surface area (Å²) in [4.78, 5) is 16.3. The highest BCUT2D eigenvalue weighted by atomic mass is 19.3. The van der Waals surface area contributed by atoms with E-state index in [1.54, 1.807) is 30.3 Å². The molecule has 0 fully saturated rings. The van der Waals surface area contributed by atoms with E-state index in [1.165, 1.54) is 19.4 Å². The summed E-state index contributed by atoms with van der Waals surface area (Å²) in [7, 11) is 1.52. The van der Waals surface area contributed by atoms with Gasteiger partial charge in [0.1, 0.15) is 11.6 Å². The molecular weight excluding hydrogens is 318 g/mol. The molecule has 1 amide bonds. The van der Waals surface area contributed by atoms with Crippen LogP contribution in [0.5, 0.6) is 5.75 Å². The molecule has 0 aliphatic rings. The number of anilines is 2. The Morgan fingerprint density at radius 3 is 2.75 bits per heavy atom. The van der Waals surface area contributed by atoms with Crippen molar-refractivity contribution in [3.05, 3.63) is 48.2 Å². The third-order valence-electron chi connectivity index (χ3n) is 3.22. The summed E-state index contributed by atoms with van der Waals surface area (Å²) < 4.78 is 31.6. The predicted molar refractivity (Wildman–Crippen MR) is 86.8 cm³/mol. The van der Waals surface area contributed by atoms with Gasteiger partial charge in [-0.1, -0.05) is 12.1 Å². The Balaban J connectivity index is 2.19. The number of ether oxygens (including phenoxy) is 1. The maximum atomic E-state index is 13.2. The van der Waals surface area contributed by atoms with Crippen molar-refractivity contribution in [2.24, 2.45) is 5.73 Å². The van der Waals surface area contributed by atoms with Crippen LogP contribution in [0.4, 0.5) is 20.3 Å². The molecule has 1 aromatic carbocycles. The van der Waals surface area contributed by atoms with Crippen molar-refractivity contribution < 1.29 is 18.3 Å². The first-order chi connectivity index (χ1) is 11.5. The first kappa shape index (κ1) is 17.6. The van der Waals surface area contributed by atoms with Crippen molar-refractivity contribution in [2.45, 2.75) is 5.92 Å². The molecule has 0 radical (unpaired) electrons. The fraction of sp³-hybridized carbons (Fsp3) is 0.250. The molecule has 0 atom stereocenters. The first-order valence-electron chi connectivity index (χ1n) is 7.18. The van der Waals surface area contributed by atoms with Gasteiger partial charge in [-0.2, -0.15) is 0 Å². The van der Waals surface area contributed by atoms with Crippen LogP contribution >= 0.6 is 0 Å². The largest absolute Gasteiger partial charge is 0.495 e. The molecule has 0 saturated carbocycles. The first-order valence-corrected chi connectivity index (χ1v) is 7.18. The Bertz CT molecular complexity index is 710. The number of carbonyl (C=O) groups excluding carboxylic acids is 1. The number of carbonyl (C=O) groups is 1. The van der Waals surface area contributed by atoms with Gasteiger partial charge in [0.25, 0.3) is 11.8 Å². The SMILES string of the molecule is COc1ccccc1Nc1ncccc1C(=O)NCC(F)(F)CN. The number of rotatable bonds is 7. The van der Waals surface area contributed by atoms with Gasteiger partial charge >= 0.3 is 0 Å². The van der Waals surface area contributed by atoms with Crippen molar-refractivity contribution in [3.8, 4) is 5.75 Å². The molecule has 128 valence electrons. The van der Waals surface area contributed by atoms with Gasteiger partial charge in [0.2, 0.25) is 0 Å². The summed E-state index contributed by atoms with van der Waals surface area (Å²) in [6.07, 6.45) is 1.49. The number of methoxy groups -OCH3 is 1. The van der Waals surface area contributed by atoms with Gasteiger partial charge in [0.15, 0.2) is 0 Å². The average molecular weight is 336 g/mol. The molecule has 4 N–H and O–H groups in total. The summed E-state index contributed by atoms with van der Waals surface area (Å²) in [5.41, 5.74) is 5.69. The lowest BCUT2D eigenvalue weighted by Gasteiger charge is -2.16. The summed E-state index contributed by atoms with van der Waals surface area (Å²) in [5.74, 6) is -3.04. The molecule has 24 heavy (non-hydrogen) atoms. The van der Waals surface area contributed by atoms with E-state index in [0.29, 0.717) is 11.4 Å². The second kappa shape index (κ2) is 7.69. The van der Waals surface area contributed by atoms with Crippen LogP contribution in [0.2, 0.25) is 0 Å². The molecule has 6 nitrogen and oxygen atoms in total. The van der Waals surface area contributed by atoms with Crippen molar-refractivity contribution in [2.75, 3.05) is 25.5 Å². The Morgan fingerprint density at radius 2 is 2.04 bits per heavy atom. The predicted octanol–water partition coefficient (Wildman–Crippen LogP) is 2.16. The highest BCUT2D eigenvalue weighted by molar-refractivity contribution is 5.99. The van der Waals surface area contributed by atoms with Gasteiger partial charge in [0, 0.05) is 6.20 Å². The lowest BCUT2D eigenvalue weighted by molar-refractivity contribution is 0.0119. The molecule has 0 spiro atoms. The zero-order valence-corrected chi connectivity index (χ0v) is 13.1. The van der Waals surface area contributed by atoms with Gasteiger partial charge in [0.05, 0.1) is 31.5 Å². The number of benzene rings is 1. The maximum Gasteiger partial charge on any atom is 0.277 e. The molecule has 0 aliphatic carbocycles. The van der Waals surface area contributed by atoms with Gasteiger partial charge < -0.3 is 21.1 Å². The van der Waals surface area contributed by atoms with Crippen LogP contribution in [0.3, 0.4) is 0 Å². The number of aromatic nitrogens is 1. The van der Waals surface area contributed by atoms with Crippen LogP contribution in [0.1, 0.15) is 10.4 Å². The number of nitrogens with one attached hydrogen (secondary N) is 2. The lowest BCUT2D eigenvalue weighted by atomic mass is 10.2. The number of alkyl halides is 2. The summed E-state index contributed by atoms with van der Waals surface area (Å²) in [6.45, 7) is -1.68. The quantitative estimate of drug-likeness (QED) is 0.721. The number of halogens is 2. The van der Waals surface area contributed by atoms with Crippen LogP contribution < -0.4 is 21.1 Å². The number of hydrogen-bond donors (Lipinski definition) is 3. The third kappa shape index (κ3) is 4.39. The lowest BCUT2D eigenvalue weighted by Crippen LogP contribution is -2.41. The number of nitrogens with zero attached hydrogens (tertiary/aromatic N) is 1. The number of pyridine rings is 1. The van der Waals surface area contributed by atoms with Gasteiger partial charge in [-0.3, -0.25) is 4.79 Å². The van der Waals surface area contributed by atoms with Crippen LogP contribution in [0.15, 0.2) is 42.6 Å². The van der Waals surface area contributed by atoms with Crippen LogP contribution in [-0.4, -0.2) is 37.0 Å². The molecule has 0 unspecified atom stereocenters. The normalized spacial score (nSPS) is 11.0. The third-order valence-corrected chi connectivity index (χ3v) is 3.22. The number of nitrogens with two attached hydrogens (primary N) is 1. The van der Waals surface area contributed by atoms with E-state index < -0.39 is 24.9 Å². The summed E-state index contributed by atoms with van der Waals surface area (Å²) >= 11 is 0. The standard InChI is InChI=1S/C16H18F2N4O2/c1-24-13-7-3-2-6-12(13)22-14-11(5-4-8-20-14)15(23)21-10-16(17,18)9-19/h2-8H,9-10,19H2,1H3,(H,20,22)(H,21,23). The number of para-hydroxylation sites is 2. The van der Waals surface area contributed by atoms with Gasteiger partial charge in [-0.05, 0) is 24.3 Å². The molecule has 0 bridgehead atoms. The smallest absolute Gasteiger partial charge is 0.277 e. The molecule has 2 rings (SSSR count). The Morgan fingerprint density at radius 1 is 1.29 bits per heavy atom. The number of amides is 1. The van der Waals surface area contributed by atoms with E-state index in [2.05, 4.69) is 15.6 Å². The van der Waals surface area contributed by atoms with E-state index in [4.69, 9.17) is 10.5 Å². The van der Waals surface area contributed by atoms with Gasteiger partial charge in [-0.15, -0.1) is 0 Å². The molecule has 1 heterocycles. The molecule has 2 aromatic rings. The Hall–Kier alpha value is -2.74. The zero-order valence-electron chi connectivity index (χ0n) is 13.1. The fourth-order valence-electron chi connectivity index (χ4n) is 1.94. The Kier molecular flexibility index (Phi) is 5.64. The molecule has 0 aliphatic heterocycles. The fourth-order valence-corrected chi connectivity index (χ4v) is 1.94. The highest BCUT2D eigenvalue weighted by Crippen LogP contribution is 2.27. The minimum Gasteiger partial charge on any atom is -0.495 e. The molecule has 8 heteroatoms. The van der Waals surface area contributed by atoms with Crippen LogP contribution in [-0.2, 0) is 0 Å². The van der Waals surface area contributed by atoms with E-state index in [0.717, 1.165) is 0 Å². The van der Waals surface area contributed by atoms with E-state index in [1.807, 2.05) is 0 Å². The van der Waals surface area contributed by atoms with E-state index >= 15 is 0 Å². The van der Waals surface area contributed by atoms with Gasteiger partial charge in [-0.25, -0.2) is 13.8 Å². The average Bonchev–Trinajstić information content (AvgIpc) is 2.61. The van der Waals surface area contributed by atoms with Crippen LogP contribution in [0, 0.1) is 0 Å². The molecular formula is C16H18F2N4O2. The maximum absolute atomic E-state index is 13.2. The minimum atomic E-state index is -3.16. The number of hydrogen-bond acceptors (Lipinski definition) is 5.